The van der Waals surface area contributed by atoms with Crippen LogP contribution < -0.4 is 0 Å². The van der Waals surface area contributed by atoms with Crippen LogP contribution in [-0.4, -0.2) is 28.8 Å². The number of rotatable bonds is 5. The van der Waals surface area contributed by atoms with Crippen LogP contribution in [-0.2, 0) is 14.4 Å². The minimum atomic E-state index is -5.04. The number of hydrogen-bond acceptors (Lipinski definition) is 3. The number of halogens is 3. The lowest BCUT2D eigenvalue weighted by molar-refractivity contribution is -0.172. The summed E-state index contributed by atoms with van der Waals surface area (Å²) in [6, 6.07) is 0. The van der Waals surface area contributed by atoms with Crippen molar-refractivity contribution in [3.05, 3.63) is 0 Å². The third-order valence-electron chi connectivity index (χ3n) is 1.63. The Bertz CT molecular complexity index is 282. The topological polar surface area (TPSA) is 71.4 Å². The van der Waals surface area contributed by atoms with Crippen molar-refractivity contribution in [1.29, 1.82) is 0 Å². The largest absolute Gasteiger partial charge is 0.481 e. The van der Waals surface area contributed by atoms with Gasteiger partial charge in [0.05, 0.1) is 12.3 Å². The number of carboxylic acids is 1. The molecule has 0 aromatic carbocycles. The molecule has 0 aliphatic carbocycles. The van der Waals surface area contributed by atoms with Crippen molar-refractivity contribution in [3.8, 4) is 0 Å². The van der Waals surface area contributed by atoms with E-state index >= 15 is 0 Å². The van der Waals surface area contributed by atoms with Gasteiger partial charge in [0.25, 0.3) is 0 Å². The number of hydrogen-bond donors (Lipinski definition) is 1. The van der Waals surface area contributed by atoms with E-state index in [0.717, 1.165) is 0 Å². The lowest BCUT2D eigenvalue weighted by Gasteiger charge is -2.06. The Hall–Kier alpha value is -1.40. The van der Waals surface area contributed by atoms with E-state index in [1.54, 1.807) is 0 Å². The van der Waals surface area contributed by atoms with Crippen LogP contribution in [0.15, 0.2) is 0 Å². The van der Waals surface area contributed by atoms with Gasteiger partial charge in [-0.1, -0.05) is 6.92 Å². The third kappa shape index (κ3) is 5.14. The molecule has 1 N–H and O–H groups in total. The highest BCUT2D eigenvalue weighted by Gasteiger charge is 2.39. The average Bonchev–Trinajstić information content (AvgIpc) is 2.01. The smallest absolute Gasteiger partial charge is 0.450 e. The van der Waals surface area contributed by atoms with E-state index in [1.807, 2.05) is 0 Å². The van der Waals surface area contributed by atoms with Gasteiger partial charge in [-0.3, -0.25) is 14.4 Å². The zero-order chi connectivity index (χ0) is 12.2. The highest BCUT2D eigenvalue weighted by molar-refractivity contribution is 6.02. The zero-order valence-corrected chi connectivity index (χ0v) is 7.80. The Labute approximate surface area is 83.1 Å². The van der Waals surface area contributed by atoms with Gasteiger partial charge in [0.15, 0.2) is 0 Å². The molecule has 86 valence electrons. The van der Waals surface area contributed by atoms with Crippen molar-refractivity contribution < 1.29 is 32.7 Å². The van der Waals surface area contributed by atoms with Crippen molar-refractivity contribution in [2.75, 3.05) is 0 Å². The molecule has 0 rings (SSSR count). The van der Waals surface area contributed by atoms with Crippen molar-refractivity contribution in [1.82, 2.24) is 0 Å². The van der Waals surface area contributed by atoms with Gasteiger partial charge in [0.1, 0.15) is 5.78 Å². The van der Waals surface area contributed by atoms with E-state index in [-0.39, 0.29) is 0 Å². The zero-order valence-electron chi connectivity index (χ0n) is 7.80. The molecule has 15 heavy (non-hydrogen) atoms. The Morgan fingerprint density at radius 2 is 1.73 bits per heavy atom. The van der Waals surface area contributed by atoms with Crippen LogP contribution in [0.3, 0.4) is 0 Å². The van der Waals surface area contributed by atoms with Crippen molar-refractivity contribution in [2.45, 2.75) is 25.9 Å². The summed E-state index contributed by atoms with van der Waals surface area (Å²) in [6.45, 7) is 1.18. The second kappa shape index (κ2) is 4.90. The standard InChI is InChI=1S/C8H9F3O4/c1-4(7(14)15)2-5(12)3-6(13)8(9,10)11/h4H,2-3H2,1H3,(H,14,15). The van der Waals surface area contributed by atoms with E-state index in [9.17, 15) is 27.6 Å². The van der Waals surface area contributed by atoms with Gasteiger partial charge in [0, 0.05) is 6.42 Å². The fourth-order valence-corrected chi connectivity index (χ4v) is 0.780. The molecule has 0 saturated carbocycles. The van der Waals surface area contributed by atoms with Gasteiger partial charge >= 0.3 is 12.1 Å². The van der Waals surface area contributed by atoms with E-state index in [1.165, 1.54) is 6.92 Å². The lowest BCUT2D eigenvalue weighted by Crippen LogP contribution is -2.26. The monoisotopic (exact) mass is 226 g/mol. The molecule has 1 atom stereocenters. The molecule has 0 aliphatic rings. The van der Waals surface area contributed by atoms with Crippen LogP contribution in [0.25, 0.3) is 0 Å². The first-order valence-corrected chi connectivity index (χ1v) is 3.99. The first-order chi connectivity index (χ1) is 6.64. The van der Waals surface area contributed by atoms with Gasteiger partial charge < -0.3 is 5.11 Å². The molecule has 7 heteroatoms. The summed E-state index contributed by atoms with van der Waals surface area (Å²) in [5, 5.41) is 8.37. The van der Waals surface area contributed by atoms with E-state index < -0.39 is 42.5 Å². The second-order valence-corrected chi connectivity index (χ2v) is 3.08. The van der Waals surface area contributed by atoms with Gasteiger partial charge in [-0.2, -0.15) is 13.2 Å². The molecule has 0 aliphatic heterocycles. The number of alkyl halides is 3. The molecule has 4 nitrogen and oxygen atoms in total. The SMILES string of the molecule is CC(CC(=O)CC(=O)C(F)(F)F)C(=O)O. The summed E-state index contributed by atoms with van der Waals surface area (Å²) >= 11 is 0. The highest BCUT2D eigenvalue weighted by atomic mass is 19.4. The first kappa shape index (κ1) is 13.6. The quantitative estimate of drug-likeness (QED) is 0.714. The maximum absolute atomic E-state index is 11.7. The minimum Gasteiger partial charge on any atom is -0.481 e. The summed E-state index contributed by atoms with van der Waals surface area (Å²) in [4.78, 5) is 31.4. The maximum atomic E-state index is 11.7. The second-order valence-electron chi connectivity index (χ2n) is 3.08. The predicted molar refractivity (Wildman–Crippen MR) is 42.1 cm³/mol. The molecule has 0 radical (unpaired) electrons. The summed E-state index contributed by atoms with van der Waals surface area (Å²) in [6.07, 6.45) is -6.90. The summed E-state index contributed by atoms with van der Waals surface area (Å²) < 4.78 is 35.1. The predicted octanol–water partition coefficient (Wildman–Crippen LogP) is 1.19. The fourth-order valence-electron chi connectivity index (χ4n) is 0.780. The van der Waals surface area contributed by atoms with Gasteiger partial charge in [-0.05, 0) is 0 Å². The molecular weight excluding hydrogens is 217 g/mol. The summed E-state index contributed by atoms with van der Waals surface area (Å²) in [5.41, 5.74) is 0. The number of carbonyl (C=O) groups is 3. The Kier molecular flexibility index (Phi) is 4.44. The third-order valence-corrected chi connectivity index (χ3v) is 1.63. The van der Waals surface area contributed by atoms with E-state index in [2.05, 4.69) is 0 Å². The number of Topliss-reactive ketones (excluding diaryl/α,β-unsaturated/α-hetero) is 2. The van der Waals surface area contributed by atoms with Crippen LogP contribution in [0.1, 0.15) is 19.8 Å². The number of carbonyl (C=O) groups excluding carboxylic acids is 2. The van der Waals surface area contributed by atoms with Crippen LogP contribution >= 0.6 is 0 Å². The first-order valence-electron chi connectivity index (χ1n) is 3.99. The Balaban J connectivity index is 4.17. The molecule has 0 bridgehead atoms. The van der Waals surface area contributed by atoms with Crippen molar-refractivity contribution in [2.24, 2.45) is 5.92 Å². The molecule has 0 fully saturated rings. The highest BCUT2D eigenvalue weighted by Crippen LogP contribution is 2.19. The normalized spacial score (nSPS) is 13.3. The number of aliphatic carboxylic acids is 1. The number of carboxylic acid groups (broad SMARTS) is 1. The molecule has 0 spiro atoms. The Morgan fingerprint density at radius 1 is 1.27 bits per heavy atom. The van der Waals surface area contributed by atoms with Crippen molar-refractivity contribution >= 4 is 17.5 Å². The van der Waals surface area contributed by atoms with E-state index in [0.29, 0.717) is 0 Å². The molecule has 0 heterocycles. The summed E-state index contributed by atoms with van der Waals surface area (Å²) in [7, 11) is 0. The minimum absolute atomic E-state index is 0.572. The van der Waals surface area contributed by atoms with Gasteiger partial charge in [0.2, 0.25) is 5.78 Å². The van der Waals surface area contributed by atoms with E-state index in [4.69, 9.17) is 5.11 Å². The fraction of sp³-hybridized carbons (Fsp3) is 0.625. The average molecular weight is 226 g/mol. The van der Waals surface area contributed by atoms with Gasteiger partial charge in [-0.15, -0.1) is 0 Å². The van der Waals surface area contributed by atoms with Crippen molar-refractivity contribution in [3.63, 3.8) is 0 Å². The summed E-state index contributed by atoms with van der Waals surface area (Å²) in [5.74, 6) is -5.54. The molecule has 0 saturated heterocycles. The number of ketones is 2. The molecular formula is C8H9F3O4. The molecule has 0 aromatic heterocycles. The maximum Gasteiger partial charge on any atom is 0.450 e. The Morgan fingerprint density at radius 3 is 2.07 bits per heavy atom. The molecule has 1 unspecified atom stereocenters. The van der Waals surface area contributed by atoms with Crippen LogP contribution in [0.2, 0.25) is 0 Å². The lowest BCUT2D eigenvalue weighted by atomic mass is 10.0. The molecule has 0 aromatic rings. The van der Waals surface area contributed by atoms with Crippen LogP contribution in [0, 0.1) is 5.92 Å². The van der Waals surface area contributed by atoms with Crippen LogP contribution in [0.5, 0.6) is 0 Å². The van der Waals surface area contributed by atoms with Crippen LogP contribution in [0.4, 0.5) is 13.2 Å². The molecule has 0 amide bonds. The van der Waals surface area contributed by atoms with Gasteiger partial charge in [-0.25, -0.2) is 0 Å².